The van der Waals surface area contributed by atoms with Crippen molar-refractivity contribution in [3.8, 4) is 0 Å². The van der Waals surface area contributed by atoms with Gasteiger partial charge in [0.1, 0.15) is 10.0 Å². The van der Waals surface area contributed by atoms with E-state index in [4.69, 9.17) is 9.47 Å². The van der Waals surface area contributed by atoms with Crippen LogP contribution in [0.25, 0.3) is 0 Å². The molecule has 1 aliphatic carbocycles. The fraction of sp³-hybridized carbons (Fsp3) is 0.727. The number of anilines is 2. The van der Waals surface area contributed by atoms with Crippen LogP contribution in [0.5, 0.6) is 0 Å². The highest BCUT2D eigenvalue weighted by Gasteiger charge is 2.30. The Kier molecular flexibility index (Phi) is 7.77. The molecule has 0 radical (unpaired) electrons. The van der Waals surface area contributed by atoms with E-state index in [9.17, 15) is 9.59 Å². The number of amides is 2. The molecule has 4 heterocycles. The lowest BCUT2D eigenvalue weighted by atomic mass is 9.82. The summed E-state index contributed by atoms with van der Waals surface area (Å²) in [5, 5.41) is 25.9. The van der Waals surface area contributed by atoms with Gasteiger partial charge in [-0.3, -0.25) is 9.59 Å². The highest BCUT2D eigenvalue weighted by atomic mass is 32.1. The Morgan fingerprint density at radius 2 is 1.24 bits per heavy atom. The second kappa shape index (κ2) is 11.1. The van der Waals surface area contributed by atoms with Crippen molar-refractivity contribution in [3.05, 3.63) is 10.0 Å². The van der Waals surface area contributed by atoms with Crippen LogP contribution in [0.3, 0.4) is 0 Å². The molecule has 2 N–H and O–H groups in total. The second-order valence-electron chi connectivity index (χ2n) is 9.23. The topological polar surface area (TPSA) is 128 Å². The number of nitrogens with one attached hydrogen (secondary N) is 2. The van der Waals surface area contributed by atoms with Gasteiger partial charge >= 0.3 is 0 Å². The van der Waals surface area contributed by atoms with Crippen molar-refractivity contribution in [3.63, 3.8) is 0 Å². The van der Waals surface area contributed by atoms with Crippen molar-refractivity contribution >= 4 is 44.8 Å². The third-order valence-corrected chi connectivity index (χ3v) is 8.62. The summed E-state index contributed by atoms with van der Waals surface area (Å²) in [6.45, 7) is 1.48. The molecule has 34 heavy (non-hydrogen) atoms. The smallest absolute Gasteiger partial charge is 0.228 e. The second-order valence-corrected chi connectivity index (χ2v) is 11.2. The maximum absolute atomic E-state index is 12.3. The number of hydrogen-bond donors (Lipinski definition) is 2. The van der Waals surface area contributed by atoms with E-state index in [2.05, 4.69) is 31.0 Å². The van der Waals surface area contributed by atoms with Gasteiger partial charge in [0.2, 0.25) is 22.1 Å². The Bertz CT molecular complexity index is 909. The maximum Gasteiger partial charge on any atom is 0.228 e. The van der Waals surface area contributed by atoms with E-state index in [0.29, 0.717) is 23.1 Å². The zero-order valence-corrected chi connectivity index (χ0v) is 20.7. The van der Waals surface area contributed by atoms with Crippen molar-refractivity contribution in [1.29, 1.82) is 0 Å². The van der Waals surface area contributed by atoms with Crippen LogP contribution in [0.1, 0.15) is 86.1 Å². The van der Waals surface area contributed by atoms with E-state index in [0.717, 1.165) is 74.6 Å². The van der Waals surface area contributed by atoms with Crippen LogP contribution in [0.4, 0.5) is 10.3 Å². The molecule has 184 valence electrons. The van der Waals surface area contributed by atoms with Crippen molar-refractivity contribution in [1.82, 2.24) is 20.4 Å². The molecule has 1 saturated carbocycles. The molecule has 2 aromatic heterocycles. The van der Waals surface area contributed by atoms with Crippen LogP contribution in [0, 0.1) is 0 Å². The molecule has 0 bridgehead atoms. The number of carbonyl (C=O) groups is 2. The normalized spacial score (nSPS) is 27.1. The number of ether oxygens (including phenoxy) is 2. The van der Waals surface area contributed by atoms with E-state index in [-0.39, 0.29) is 35.9 Å². The highest BCUT2D eigenvalue weighted by molar-refractivity contribution is 7.15. The molecular formula is C22H30N6O4S2. The predicted molar refractivity (Wildman–Crippen MR) is 128 cm³/mol. The Labute approximate surface area is 206 Å². The average Bonchev–Trinajstić information content (AvgIpc) is 3.63. The Hall–Kier alpha value is -2.02. The molecule has 2 saturated heterocycles. The molecule has 3 fully saturated rings. The van der Waals surface area contributed by atoms with Crippen LogP contribution < -0.4 is 10.6 Å². The average molecular weight is 507 g/mol. The first-order valence-electron chi connectivity index (χ1n) is 12.1. The summed E-state index contributed by atoms with van der Waals surface area (Å²) < 4.78 is 11.1. The van der Waals surface area contributed by atoms with Crippen LogP contribution in [0.2, 0.25) is 0 Å². The van der Waals surface area contributed by atoms with Crippen LogP contribution in [0.15, 0.2) is 0 Å². The Morgan fingerprint density at radius 1 is 0.735 bits per heavy atom. The van der Waals surface area contributed by atoms with Gasteiger partial charge in [-0.1, -0.05) is 29.1 Å². The quantitative estimate of drug-likeness (QED) is 0.553. The summed E-state index contributed by atoms with van der Waals surface area (Å²) in [5.74, 6) is 0.418. The van der Waals surface area contributed by atoms with Crippen molar-refractivity contribution < 1.29 is 19.1 Å². The first-order valence-corrected chi connectivity index (χ1v) is 13.8. The lowest BCUT2D eigenvalue weighted by Gasteiger charge is -2.25. The van der Waals surface area contributed by atoms with Gasteiger partial charge in [-0.25, -0.2) is 0 Å². The lowest BCUT2D eigenvalue weighted by molar-refractivity contribution is -0.119. The minimum Gasteiger partial charge on any atom is -0.378 e. The number of rotatable bonds is 8. The summed E-state index contributed by atoms with van der Waals surface area (Å²) in [4.78, 5) is 24.5. The predicted octanol–water partition coefficient (Wildman–Crippen LogP) is 3.85. The summed E-state index contributed by atoms with van der Waals surface area (Å²) in [6, 6.07) is 0. The van der Waals surface area contributed by atoms with Crippen LogP contribution in [-0.2, 0) is 19.1 Å². The first-order chi connectivity index (χ1) is 16.6. The lowest BCUT2D eigenvalue weighted by Crippen LogP contribution is -2.19. The van der Waals surface area contributed by atoms with Gasteiger partial charge in [-0.15, -0.1) is 20.4 Å². The fourth-order valence-electron chi connectivity index (χ4n) is 4.90. The highest BCUT2D eigenvalue weighted by Crippen LogP contribution is 2.43. The number of nitrogens with zero attached hydrogens (tertiary/aromatic N) is 4. The summed E-state index contributed by atoms with van der Waals surface area (Å²) in [5.41, 5.74) is 0. The molecule has 2 aromatic rings. The van der Waals surface area contributed by atoms with Gasteiger partial charge in [0.15, 0.2) is 0 Å². The van der Waals surface area contributed by atoms with Crippen LogP contribution in [-0.4, -0.2) is 57.6 Å². The van der Waals surface area contributed by atoms with E-state index >= 15 is 0 Å². The number of hydrogen-bond acceptors (Lipinski definition) is 10. The molecule has 12 heteroatoms. The molecule has 0 spiro atoms. The van der Waals surface area contributed by atoms with Gasteiger partial charge in [0.25, 0.3) is 0 Å². The number of aromatic nitrogens is 4. The molecular weight excluding hydrogens is 476 g/mol. The fourth-order valence-corrected chi connectivity index (χ4v) is 6.72. The van der Waals surface area contributed by atoms with E-state index in [1.807, 2.05) is 0 Å². The summed E-state index contributed by atoms with van der Waals surface area (Å²) in [7, 11) is 0. The third kappa shape index (κ3) is 6.15. The molecule has 4 atom stereocenters. The van der Waals surface area contributed by atoms with Gasteiger partial charge in [-0.2, -0.15) is 0 Å². The van der Waals surface area contributed by atoms with Crippen molar-refractivity contribution in [2.45, 2.75) is 88.3 Å². The minimum absolute atomic E-state index is 0.0177. The minimum atomic E-state index is -0.0703. The molecule has 3 aliphatic rings. The zero-order valence-electron chi connectivity index (χ0n) is 19.0. The van der Waals surface area contributed by atoms with Crippen molar-refractivity contribution in [2.24, 2.45) is 0 Å². The van der Waals surface area contributed by atoms with Crippen LogP contribution >= 0.6 is 22.7 Å². The molecule has 0 aromatic carbocycles. The van der Waals surface area contributed by atoms with E-state index in [1.54, 1.807) is 0 Å². The standard InChI is InChI=1S/C22H30N6O4S2/c29-17(11-15-6-2-8-31-15)23-21-27-25-19(33-21)13-4-1-5-14(10-13)20-26-28-22(34-20)24-18(30)12-16-7-3-9-32-16/h13-16H,1-12H2,(H,23,27,29)(H,24,28,30). The molecule has 5 rings (SSSR count). The third-order valence-electron chi connectivity index (χ3n) is 6.62. The molecule has 4 unspecified atom stereocenters. The zero-order chi connectivity index (χ0) is 23.3. The number of carbonyl (C=O) groups excluding carboxylic acids is 2. The largest absolute Gasteiger partial charge is 0.378 e. The van der Waals surface area contributed by atoms with Crippen molar-refractivity contribution in [2.75, 3.05) is 23.8 Å². The first kappa shape index (κ1) is 23.7. The summed E-state index contributed by atoms with van der Waals surface area (Å²) in [6.07, 6.45) is 8.73. The Morgan fingerprint density at radius 3 is 1.68 bits per heavy atom. The van der Waals surface area contributed by atoms with Gasteiger partial charge in [0.05, 0.1) is 25.0 Å². The van der Waals surface area contributed by atoms with Gasteiger partial charge < -0.3 is 20.1 Å². The molecule has 2 aliphatic heterocycles. The molecule has 10 nitrogen and oxygen atoms in total. The monoisotopic (exact) mass is 506 g/mol. The van der Waals surface area contributed by atoms with E-state index < -0.39 is 0 Å². The Balaban J connectivity index is 1.13. The molecule has 2 amide bonds. The van der Waals surface area contributed by atoms with Gasteiger partial charge in [-0.05, 0) is 44.9 Å². The summed E-state index contributed by atoms with van der Waals surface area (Å²) >= 11 is 2.91. The van der Waals surface area contributed by atoms with Gasteiger partial charge in [0, 0.05) is 25.0 Å². The maximum atomic E-state index is 12.3. The SMILES string of the molecule is O=C(CC1CCCO1)Nc1nnc(C2CCCC(c3nnc(NC(=O)CC4CCCO4)s3)C2)s1. The van der Waals surface area contributed by atoms with E-state index in [1.165, 1.54) is 22.7 Å².